The van der Waals surface area contributed by atoms with Gasteiger partial charge in [0.25, 0.3) is 5.78 Å². The van der Waals surface area contributed by atoms with Crippen molar-refractivity contribution in [1.29, 1.82) is 0 Å². The molecule has 124 valence electrons. The van der Waals surface area contributed by atoms with Crippen LogP contribution in [0.2, 0.25) is 0 Å². The van der Waals surface area contributed by atoms with Gasteiger partial charge in [0.1, 0.15) is 0 Å². The van der Waals surface area contributed by atoms with Gasteiger partial charge in [-0.05, 0) is 48.2 Å². The molecule has 0 saturated heterocycles. The molecule has 0 aliphatic heterocycles. The molecule has 3 heteroatoms. The molecule has 0 radical (unpaired) electrons. The summed E-state index contributed by atoms with van der Waals surface area (Å²) in [5, 5.41) is 9.26. The first-order valence-corrected chi connectivity index (χ1v) is 8.44. The average molecular weight is 314 g/mol. The molecule has 3 atom stereocenters. The maximum atomic E-state index is 12.4. The van der Waals surface area contributed by atoms with Crippen molar-refractivity contribution in [3.63, 3.8) is 0 Å². The van der Waals surface area contributed by atoms with Crippen molar-refractivity contribution in [2.24, 2.45) is 23.7 Å². The van der Waals surface area contributed by atoms with Crippen molar-refractivity contribution in [2.75, 3.05) is 0 Å². The van der Waals surface area contributed by atoms with Crippen LogP contribution in [0.5, 0.6) is 0 Å². The number of rotatable bonds is 5. The minimum absolute atomic E-state index is 0.0301. The number of hydrogen-bond donors (Lipinski definition) is 1. The zero-order valence-corrected chi connectivity index (χ0v) is 14.2. The summed E-state index contributed by atoms with van der Waals surface area (Å²) in [5.74, 6) is -0.748. The van der Waals surface area contributed by atoms with Crippen LogP contribution < -0.4 is 0 Å². The van der Waals surface area contributed by atoms with Crippen molar-refractivity contribution in [1.82, 2.24) is 0 Å². The van der Waals surface area contributed by atoms with Crippen LogP contribution in [0.1, 0.15) is 45.6 Å². The Hall–Kier alpha value is -1.90. The summed E-state index contributed by atoms with van der Waals surface area (Å²) in [5.41, 5.74) is 1.35. The molecule has 2 rings (SSSR count). The van der Waals surface area contributed by atoms with E-state index in [2.05, 4.69) is 20.8 Å². The lowest BCUT2D eigenvalue weighted by Crippen LogP contribution is -2.33. The van der Waals surface area contributed by atoms with Crippen LogP contribution in [0.4, 0.5) is 0 Å². The van der Waals surface area contributed by atoms with Crippen molar-refractivity contribution in [3.05, 3.63) is 41.5 Å². The summed E-state index contributed by atoms with van der Waals surface area (Å²) in [6.07, 6.45) is 4.89. The summed E-state index contributed by atoms with van der Waals surface area (Å²) in [6, 6.07) is 9.53. The Balaban J connectivity index is 2.44. The predicted molar refractivity (Wildman–Crippen MR) is 91.9 cm³/mol. The molecule has 1 fully saturated rings. The third kappa shape index (κ3) is 4.31. The van der Waals surface area contributed by atoms with Crippen LogP contribution in [-0.4, -0.2) is 16.9 Å². The highest BCUT2D eigenvalue weighted by Gasteiger charge is 2.36. The van der Waals surface area contributed by atoms with E-state index >= 15 is 0 Å². The van der Waals surface area contributed by atoms with Crippen LogP contribution in [0.25, 0.3) is 6.08 Å². The van der Waals surface area contributed by atoms with Gasteiger partial charge in [-0.1, -0.05) is 57.5 Å². The second kappa shape index (κ2) is 7.58. The van der Waals surface area contributed by atoms with Crippen LogP contribution in [0, 0.1) is 23.7 Å². The van der Waals surface area contributed by atoms with Gasteiger partial charge in [-0.25, -0.2) is 4.79 Å². The Morgan fingerprint density at radius 3 is 2.39 bits per heavy atom. The summed E-state index contributed by atoms with van der Waals surface area (Å²) in [4.78, 5) is 23.7. The first kappa shape index (κ1) is 17.5. The Kier molecular flexibility index (Phi) is 5.75. The molecule has 0 heterocycles. The zero-order chi connectivity index (χ0) is 17.0. The number of Topliss-reactive ketones (excluding diaryl/α,β-unsaturated/α-hetero) is 1. The van der Waals surface area contributed by atoms with E-state index < -0.39 is 11.8 Å². The molecule has 23 heavy (non-hydrogen) atoms. The molecule has 1 aliphatic carbocycles. The molecule has 1 saturated carbocycles. The minimum atomic E-state index is -1.35. The average Bonchev–Trinajstić information content (AvgIpc) is 2.52. The quantitative estimate of drug-likeness (QED) is 0.646. The highest BCUT2D eigenvalue weighted by Crippen LogP contribution is 2.42. The Bertz CT molecular complexity index is 586. The third-order valence-electron chi connectivity index (χ3n) is 5.00. The highest BCUT2D eigenvalue weighted by atomic mass is 16.4. The van der Waals surface area contributed by atoms with E-state index in [4.69, 9.17) is 0 Å². The van der Waals surface area contributed by atoms with E-state index in [1.54, 1.807) is 6.08 Å². The number of carboxylic acids is 1. The lowest BCUT2D eigenvalue weighted by atomic mass is 9.66. The van der Waals surface area contributed by atoms with E-state index in [0.29, 0.717) is 23.3 Å². The number of benzene rings is 1. The van der Waals surface area contributed by atoms with Crippen LogP contribution in [0.15, 0.2) is 35.9 Å². The number of hydrogen-bond acceptors (Lipinski definition) is 2. The first-order valence-electron chi connectivity index (χ1n) is 8.44. The molecule has 1 N–H and O–H groups in total. The van der Waals surface area contributed by atoms with E-state index in [0.717, 1.165) is 24.8 Å². The van der Waals surface area contributed by atoms with Gasteiger partial charge in [0.05, 0.1) is 0 Å². The standard InChI is InChI=1S/C20H26O3/c1-13(2)16-10-9-14(3)11-17(16)18(19(21)20(22)23)12-15-7-5-4-6-8-15/h4-8,12-14,16-17H,9-11H2,1-3H3,(H,22,23)/b18-12+/t14-,16+,17-/m1/s1. The summed E-state index contributed by atoms with van der Waals surface area (Å²) < 4.78 is 0. The zero-order valence-electron chi connectivity index (χ0n) is 14.2. The van der Waals surface area contributed by atoms with Gasteiger partial charge in [0, 0.05) is 5.57 Å². The van der Waals surface area contributed by atoms with Gasteiger partial charge in [0.2, 0.25) is 0 Å². The van der Waals surface area contributed by atoms with Crippen molar-refractivity contribution in [3.8, 4) is 0 Å². The normalized spacial score (nSPS) is 25.4. The fourth-order valence-corrected chi connectivity index (χ4v) is 3.75. The Morgan fingerprint density at radius 1 is 1.17 bits per heavy atom. The van der Waals surface area contributed by atoms with E-state index in [-0.39, 0.29) is 5.92 Å². The van der Waals surface area contributed by atoms with Crippen LogP contribution >= 0.6 is 0 Å². The van der Waals surface area contributed by atoms with Crippen molar-refractivity contribution in [2.45, 2.75) is 40.0 Å². The summed E-state index contributed by atoms with van der Waals surface area (Å²) in [7, 11) is 0. The van der Waals surface area contributed by atoms with Gasteiger partial charge in [0.15, 0.2) is 0 Å². The fraction of sp³-hybridized carbons (Fsp3) is 0.500. The smallest absolute Gasteiger partial charge is 0.376 e. The number of carbonyl (C=O) groups excluding carboxylic acids is 1. The number of ketones is 1. The number of aliphatic carboxylic acids is 1. The second-order valence-corrected chi connectivity index (χ2v) is 7.08. The van der Waals surface area contributed by atoms with Gasteiger partial charge in [-0.15, -0.1) is 0 Å². The minimum Gasteiger partial charge on any atom is -0.475 e. The third-order valence-corrected chi connectivity index (χ3v) is 5.00. The monoisotopic (exact) mass is 314 g/mol. The molecule has 0 amide bonds. The first-order chi connectivity index (χ1) is 10.9. The van der Waals surface area contributed by atoms with Crippen molar-refractivity contribution >= 4 is 17.8 Å². The molecule has 0 bridgehead atoms. The molecule has 0 spiro atoms. The SMILES string of the molecule is CC(C)[C@@H]1CC[C@@H](C)C[C@H]1/C(=C\c1ccccc1)C(=O)C(=O)O. The predicted octanol–water partition coefficient (Wildman–Crippen LogP) is 4.43. The van der Waals surface area contributed by atoms with E-state index in [1.165, 1.54) is 0 Å². The number of carboxylic acid groups (broad SMARTS) is 1. The second-order valence-electron chi connectivity index (χ2n) is 7.08. The maximum Gasteiger partial charge on any atom is 0.376 e. The highest BCUT2D eigenvalue weighted by molar-refractivity contribution is 6.40. The molecule has 0 unspecified atom stereocenters. The lowest BCUT2D eigenvalue weighted by Gasteiger charge is -2.38. The van der Waals surface area contributed by atoms with Crippen LogP contribution in [0.3, 0.4) is 0 Å². The molecule has 0 aromatic heterocycles. The Labute approximate surface area is 138 Å². The summed E-state index contributed by atoms with van der Waals surface area (Å²) in [6.45, 7) is 6.52. The van der Waals surface area contributed by atoms with E-state index in [1.807, 2.05) is 30.3 Å². The largest absolute Gasteiger partial charge is 0.475 e. The molecule has 3 nitrogen and oxygen atoms in total. The lowest BCUT2D eigenvalue weighted by molar-refractivity contribution is -0.147. The van der Waals surface area contributed by atoms with Gasteiger partial charge < -0.3 is 5.11 Å². The molecule has 1 aromatic carbocycles. The number of carbonyl (C=O) groups is 2. The van der Waals surface area contributed by atoms with Gasteiger partial charge in [-0.2, -0.15) is 0 Å². The van der Waals surface area contributed by atoms with E-state index in [9.17, 15) is 14.7 Å². The Morgan fingerprint density at radius 2 is 1.83 bits per heavy atom. The van der Waals surface area contributed by atoms with Crippen molar-refractivity contribution < 1.29 is 14.7 Å². The molecular weight excluding hydrogens is 288 g/mol. The molecule has 1 aliphatic rings. The summed E-state index contributed by atoms with van der Waals surface area (Å²) >= 11 is 0. The van der Waals surface area contributed by atoms with Gasteiger partial charge >= 0.3 is 5.97 Å². The topological polar surface area (TPSA) is 54.4 Å². The van der Waals surface area contributed by atoms with Crippen LogP contribution in [-0.2, 0) is 9.59 Å². The molecule has 1 aromatic rings. The van der Waals surface area contributed by atoms with Gasteiger partial charge in [-0.3, -0.25) is 4.79 Å². The maximum absolute atomic E-state index is 12.4. The molecular formula is C20H26O3. The fourth-order valence-electron chi connectivity index (χ4n) is 3.75.